The Morgan fingerprint density at radius 1 is 1.11 bits per heavy atom. The maximum Gasteiger partial charge on any atom is 0.185 e. The Morgan fingerprint density at radius 2 is 1.74 bits per heavy atom. The van der Waals surface area contributed by atoms with Crippen molar-refractivity contribution in [3.05, 3.63) is 65.7 Å². The van der Waals surface area contributed by atoms with E-state index in [1.165, 1.54) is 0 Å². The van der Waals surface area contributed by atoms with Crippen LogP contribution in [0, 0.1) is 0 Å². The fourth-order valence-corrected chi connectivity index (χ4v) is 2.07. The average Bonchev–Trinajstić information content (AvgIpc) is 2.48. The third-order valence-corrected chi connectivity index (χ3v) is 3.22. The van der Waals surface area contributed by atoms with Gasteiger partial charge in [-0.3, -0.25) is 4.79 Å². The van der Waals surface area contributed by atoms with Crippen LogP contribution in [0.4, 0.5) is 0 Å². The molecule has 0 saturated heterocycles. The Hall–Kier alpha value is -1.80. The van der Waals surface area contributed by atoms with Crippen molar-refractivity contribution >= 4 is 17.4 Å². The number of benzene rings is 2. The van der Waals surface area contributed by atoms with Crippen LogP contribution in [0.2, 0.25) is 0 Å². The molecule has 0 bridgehead atoms. The standard InChI is InChI=1S/C16H15ClO2/c1-2-19-14-10-8-13(9-11-14)16(18)15(17)12-6-4-3-5-7-12/h3-11,15H,2H2,1H3. The molecule has 2 aromatic carbocycles. The van der Waals surface area contributed by atoms with Gasteiger partial charge in [0.15, 0.2) is 5.78 Å². The van der Waals surface area contributed by atoms with Gasteiger partial charge < -0.3 is 4.74 Å². The first-order valence-corrected chi connectivity index (χ1v) is 6.62. The minimum atomic E-state index is -0.654. The lowest BCUT2D eigenvalue weighted by molar-refractivity contribution is 0.0987. The van der Waals surface area contributed by atoms with Gasteiger partial charge in [-0.05, 0) is 36.8 Å². The summed E-state index contributed by atoms with van der Waals surface area (Å²) in [5.74, 6) is 0.654. The maximum atomic E-state index is 12.2. The molecular formula is C16H15ClO2. The lowest BCUT2D eigenvalue weighted by atomic mass is 10.0. The van der Waals surface area contributed by atoms with Crippen molar-refractivity contribution in [1.82, 2.24) is 0 Å². The SMILES string of the molecule is CCOc1ccc(C(=O)C(Cl)c2ccccc2)cc1. The van der Waals surface area contributed by atoms with Gasteiger partial charge in [0.1, 0.15) is 11.1 Å². The highest BCUT2D eigenvalue weighted by Gasteiger charge is 2.18. The second kappa shape index (κ2) is 6.39. The molecule has 0 spiro atoms. The van der Waals surface area contributed by atoms with Gasteiger partial charge in [-0.1, -0.05) is 30.3 Å². The molecule has 2 nitrogen and oxygen atoms in total. The van der Waals surface area contributed by atoms with E-state index in [2.05, 4.69) is 0 Å². The average molecular weight is 275 g/mol. The quantitative estimate of drug-likeness (QED) is 0.602. The van der Waals surface area contributed by atoms with Crippen molar-refractivity contribution in [2.75, 3.05) is 6.61 Å². The largest absolute Gasteiger partial charge is 0.494 e. The van der Waals surface area contributed by atoms with Crippen LogP contribution in [0.25, 0.3) is 0 Å². The fourth-order valence-electron chi connectivity index (χ4n) is 1.80. The van der Waals surface area contributed by atoms with Gasteiger partial charge >= 0.3 is 0 Å². The molecule has 98 valence electrons. The molecule has 0 saturated carbocycles. The van der Waals surface area contributed by atoms with E-state index in [0.29, 0.717) is 12.2 Å². The minimum absolute atomic E-state index is 0.101. The summed E-state index contributed by atoms with van der Waals surface area (Å²) in [5.41, 5.74) is 1.40. The maximum absolute atomic E-state index is 12.2. The van der Waals surface area contributed by atoms with Crippen LogP contribution in [0.3, 0.4) is 0 Å². The molecule has 0 aliphatic rings. The number of rotatable bonds is 5. The number of alkyl halides is 1. The molecule has 0 aliphatic carbocycles. The Morgan fingerprint density at radius 3 is 2.32 bits per heavy atom. The smallest absolute Gasteiger partial charge is 0.185 e. The number of carbonyl (C=O) groups is 1. The van der Waals surface area contributed by atoms with E-state index in [4.69, 9.17) is 16.3 Å². The normalized spacial score (nSPS) is 11.9. The zero-order chi connectivity index (χ0) is 13.7. The van der Waals surface area contributed by atoms with Gasteiger partial charge in [-0.25, -0.2) is 0 Å². The van der Waals surface area contributed by atoms with Crippen molar-refractivity contribution in [3.63, 3.8) is 0 Å². The van der Waals surface area contributed by atoms with Crippen molar-refractivity contribution < 1.29 is 9.53 Å². The highest BCUT2D eigenvalue weighted by molar-refractivity contribution is 6.33. The van der Waals surface area contributed by atoms with E-state index in [9.17, 15) is 4.79 Å². The van der Waals surface area contributed by atoms with Gasteiger partial charge in [0, 0.05) is 5.56 Å². The molecule has 0 radical (unpaired) electrons. The summed E-state index contributed by atoms with van der Waals surface area (Å²) in [4.78, 5) is 12.2. The fraction of sp³-hybridized carbons (Fsp3) is 0.188. The molecule has 1 atom stereocenters. The number of ketones is 1. The van der Waals surface area contributed by atoms with Crippen LogP contribution in [0.5, 0.6) is 5.75 Å². The second-order valence-electron chi connectivity index (χ2n) is 4.09. The number of Topliss-reactive ketones (excluding diaryl/α,β-unsaturated/α-hetero) is 1. The predicted octanol–water partition coefficient (Wildman–Crippen LogP) is 4.25. The van der Waals surface area contributed by atoms with Crippen LogP contribution >= 0.6 is 11.6 Å². The lowest BCUT2D eigenvalue weighted by Crippen LogP contribution is -2.07. The van der Waals surface area contributed by atoms with Crippen molar-refractivity contribution in [3.8, 4) is 5.75 Å². The van der Waals surface area contributed by atoms with Gasteiger partial charge in [0.05, 0.1) is 6.61 Å². The van der Waals surface area contributed by atoms with E-state index in [0.717, 1.165) is 11.3 Å². The van der Waals surface area contributed by atoms with Crippen LogP contribution in [-0.2, 0) is 0 Å². The summed E-state index contributed by atoms with van der Waals surface area (Å²) in [6.07, 6.45) is 0. The number of carbonyl (C=O) groups excluding carboxylic acids is 1. The molecule has 19 heavy (non-hydrogen) atoms. The molecule has 0 heterocycles. The monoisotopic (exact) mass is 274 g/mol. The van der Waals surface area contributed by atoms with E-state index in [-0.39, 0.29) is 5.78 Å². The van der Waals surface area contributed by atoms with Crippen LogP contribution in [0.1, 0.15) is 28.2 Å². The van der Waals surface area contributed by atoms with Crippen LogP contribution in [-0.4, -0.2) is 12.4 Å². The molecule has 0 N–H and O–H groups in total. The summed E-state index contributed by atoms with van der Waals surface area (Å²) in [7, 11) is 0. The van der Waals surface area contributed by atoms with E-state index < -0.39 is 5.38 Å². The number of ether oxygens (including phenoxy) is 1. The summed E-state index contributed by atoms with van der Waals surface area (Å²) in [6.45, 7) is 2.53. The number of hydrogen-bond acceptors (Lipinski definition) is 2. The number of halogens is 1. The Kier molecular flexibility index (Phi) is 4.58. The molecular weight excluding hydrogens is 260 g/mol. The van der Waals surface area contributed by atoms with Gasteiger partial charge in [-0.15, -0.1) is 11.6 Å². The Balaban J connectivity index is 2.15. The van der Waals surface area contributed by atoms with Gasteiger partial charge in [-0.2, -0.15) is 0 Å². The first-order valence-electron chi connectivity index (χ1n) is 6.18. The summed E-state index contributed by atoms with van der Waals surface area (Å²) < 4.78 is 5.34. The van der Waals surface area contributed by atoms with Crippen molar-refractivity contribution in [2.24, 2.45) is 0 Å². The molecule has 2 aromatic rings. The second-order valence-corrected chi connectivity index (χ2v) is 4.53. The minimum Gasteiger partial charge on any atom is -0.494 e. The number of hydrogen-bond donors (Lipinski definition) is 0. The predicted molar refractivity (Wildman–Crippen MR) is 77.0 cm³/mol. The molecule has 0 amide bonds. The zero-order valence-electron chi connectivity index (χ0n) is 10.7. The molecule has 0 aliphatic heterocycles. The van der Waals surface area contributed by atoms with Crippen LogP contribution in [0.15, 0.2) is 54.6 Å². The molecule has 3 heteroatoms. The molecule has 0 aromatic heterocycles. The molecule has 0 fully saturated rings. The van der Waals surface area contributed by atoms with E-state index >= 15 is 0 Å². The Labute approximate surface area is 118 Å². The topological polar surface area (TPSA) is 26.3 Å². The highest BCUT2D eigenvalue weighted by Crippen LogP contribution is 2.25. The highest BCUT2D eigenvalue weighted by atomic mass is 35.5. The van der Waals surface area contributed by atoms with Crippen molar-refractivity contribution in [1.29, 1.82) is 0 Å². The summed E-state index contributed by atoms with van der Waals surface area (Å²) >= 11 is 6.21. The molecule has 1 unspecified atom stereocenters. The van der Waals surface area contributed by atoms with Crippen LogP contribution < -0.4 is 4.74 Å². The third kappa shape index (κ3) is 3.36. The Bertz CT molecular complexity index is 534. The van der Waals surface area contributed by atoms with E-state index in [1.807, 2.05) is 37.3 Å². The first kappa shape index (κ1) is 13.6. The van der Waals surface area contributed by atoms with E-state index in [1.54, 1.807) is 24.3 Å². The van der Waals surface area contributed by atoms with Gasteiger partial charge in [0.25, 0.3) is 0 Å². The van der Waals surface area contributed by atoms with Crippen molar-refractivity contribution in [2.45, 2.75) is 12.3 Å². The summed E-state index contributed by atoms with van der Waals surface area (Å²) in [5, 5.41) is -0.654. The zero-order valence-corrected chi connectivity index (χ0v) is 11.4. The summed E-state index contributed by atoms with van der Waals surface area (Å²) in [6, 6.07) is 16.4. The first-order chi connectivity index (χ1) is 9.22. The molecule has 2 rings (SSSR count). The third-order valence-electron chi connectivity index (χ3n) is 2.77. The lowest BCUT2D eigenvalue weighted by Gasteiger charge is -2.09. The van der Waals surface area contributed by atoms with Gasteiger partial charge in [0.2, 0.25) is 0 Å².